The number of anilines is 1. The van der Waals surface area contributed by atoms with Crippen LogP contribution in [0, 0.1) is 0 Å². The van der Waals surface area contributed by atoms with Gasteiger partial charge in [-0.2, -0.15) is 0 Å². The predicted octanol–water partition coefficient (Wildman–Crippen LogP) is 4.60. The molecule has 0 aliphatic rings. The Balaban J connectivity index is 2.42. The summed E-state index contributed by atoms with van der Waals surface area (Å²) < 4.78 is 28.1. The van der Waals surface area contributed by atoms with E-state index >= 15 is 0 Å². The van der Waals surface area contributed by atoms with Gasteiger partial charge in [0, 0.05) is 16.0 Å². The van der Waals surface area contributed by atoms with Crippen molar-refractivity contribution < 1.29 is 8.42 Å². The SMILES string of the molecule is CCc1ccc(N(C)S(=O)(=O)c2ccc(Br)cc2Br)cc1. The molecule has 0 aliphatic carbocycles. The molecule has 0 saturated carbocycles. The van der Waals surface area contributed by atoms with Gasteiger partial charge in [-0.25, -0.2) is 8.42 Å². The Labute approximate surface area is 142 Å². The molecule has 0 saturated heterocycles. The fourth-order valence-electron chi connectivity index (χ4n) is 1.91. The van der Waals surface area contributed by atoms with Crippen LogP contribution in [0.25, 0.3) is 0 Å². The highest BCUT2D eigenvalue weighted by molar-refractivity contribution is 9.11. The van der Waals surface area contributed by atoms with Crippen LogP contribution in [-0.4, -0.2) is 15.5 Å². The van der Waals surface area contributed by atoms with Crippen LogP contribution in [0.3, 0.4) is 0 Å². The number of hydrogen-bond acceptors (Lipinski definition) is 2. The summed E-state index contributed by atoms with van der Waals surface area (Å²) in [6.45, 7) is 2.06. The van der Waals surface area contributed by atoms with E-state index in [-0.39, 0.29) is 4.90 Å². The first-order chi connectivity index (χ1) is 9.86. The van der Waals surface area contributed by atoms with E-state index < -0.39 is 10.0 Å². The number of rotatable bonds is 4. The maximum atomic E-state index is 12.7. The summed E-state index contributed by atoms with van der Waals surface area (Å²) in [5.74, 6) is 0. The van der Waals surface area contributed by atoms with Gasteiger partial charge >= 0.3 is 0 Å². The molecule has 0 N–H and O–H groups in total. The number of benzene rings is 2. The first-order valence-electron chi connectivity index (χ1n) is 6.39. The summed E-state index contributed by atoms with van der Waals surface area (Å²) in [7, 11) is -2.03. The summed E-state index contributed by atoms with van der Waals surface area (Å²) in [6.07, 6.45) is 0.926. The third-order valence-electron chi connectivity index (χ3n) is 3.24. The van der Waals surface area contributed by atoms with Crippen molar-refractivity contribution in [2.24, 2.45) is 0 Å². The minimum atomic E-state index is -3.59. The van der Waals surface area contributed by atoms with Crippen molar-refractivity contribution in [2.75, 3.05) is 11.4 Å². The molecule has 21 heavy (non-hydrogen) atoms. The van der Waals surface area contributed by atoms with Crippen molar-refractivity contribution in [1.29, 1.82) is 0 Å². The number of nitrogens with zero attached hydrogens (tertiary/aromatic N) is 1. The van der Waals surface area contributed by atoms with E-state index in [9.17, 15) is 8.42 Å². The average Bonchev–Trinajstić information content (AvgIpc) is 2.46. The molecule has 0 fully saturated rings. The monoisotopic (exact) mass is 431 g/mol. The molecule has 0 aromatic heterocycles. The maximum absolute atomic E-state index is 12.7. The lowest BCUT2D eigenvalue weighted by atomic mass is 10.1. The summed E-state index contributed by atoms with van der Waals surface area (Å²) in [5.41, 5.74) is 1.82. The quantitative estimate of drug-likeness (QED) is 0.707. The smallest absolute Gasteiger partial charge is 0.265 e. The van der Waals surface area contributed by atoms with Crippen LogP contribution in [0.15, 0.2) is 56.3 Å². The van der Waals surface area contributed by atoms with Gasteiger partial charge in [-0.15, -0.1) is 0 Å². The molecule has 2 rings (SSSR count). The first-order valence-corrected chi connectivity index (χ1v) is 9.41. The molecule has 0 atom stereocenters. The summed E-state index contributed by atoms with van der Waals surface area (Å²) in [4.78, 5) is 0.243. The zero-order chi connectivity index (χ0) is 15.6. The van der Waals surface area contributed by atoms with Crippen molar-refractivity contribution in [3.63, 3.8) is 0 Å². The van der Waals surface area contributed by atoms with E-state index in [1.807, 2.05) is 24.3 Å². The predicted molar refractivity (Wildman–Crippen MR) is 93.3 cm³/mol. The zero-order valence-corrected chi connectivity index (χ0v) is 15.7. The third-order valence-corrected chi connectivity index (χ3v) is 6.50. The summed E-state index contributed by atoms with van der Waals surface area (Å²) in [6, 6.07) is 12.6. The molecular formula is C15H15Br2NO2S. The number of sulfonamides is 1. The van der Waals surface area contributed by atoms with Crippen molar-refractivity contribution >= 4 is 47.6 Å². The van der Waals surface area contributed by atoms with Crippen LogP contribution in [0.4, 0.5) is 5.69 Å². The first kappa shape index (κ1) is 16.5. The van der Waals surface area contributed by atoms with Gasteiger partial charge < -0.3 is 0 Å². The highest BCUT2D eigenvalue weighted by atomic mass is 79.9. The van der Waals surface area contributed by atoms with Crippen LogP contribution < -0.4 is 4.31 Å². The Bertz CT molecular complexity index is 743. The van der Waals surface area contributed by atoms with Gasteiger partial charge in [0.2, 0.25) is 0 Å². The molecule has 0 bridgehead atoms. The lowest BCUT2D eigenvalue weighted by Gasteiger charge is -2.20. The Kier molecular flexibility index (Phi) is 5.11. The number of halogens is 2. The van der Waals surface area contributed by atoms with Crippen LogP contribution in [0.5, 0.6) is 0 Å². The molecule has 0 amide bonds. The maximum Gasteiger partial charge on any atom is 0.265 e. The van der Waals surface area contributed by atoms with Crippen molar-refractivity contribution in [2.45, 2.75) is 18.2 Å². The van der Waals surface area contributed by atoms with E-state index in [4.69, 9.17) is 0 Å². The summed E-state index contributed by atoms with van der Waals surface area (Å²) in [5, 5.41) is 0. The molecule has 112 valence electrons. The lowest BCUT2D eigenvalue weighted by Crippen LogP contribution is -2.26. The van der Waals surface area contributed by atoms with Crippen LogP contribution in [-0.2, 0) is 16.4 Å². The highest BCUT2D eigenvalue weighted by Crippen LogP contribution is 2.30. The second kappa shape index (κ2) is 6.50. The average molecular weight is 433 g/mol. The number of aryl methyl sites for hydroxylation is 1. The second-order valence-corrected chi connectivity index (χ2v) is 8.27. The lowest BCUT2D eigenvalue weighted by molar-refractivity contribution is 0.594. The Hall–Kier alpha value is -0.850. The molecular weight excluding hydrogens is 418 g/mol. The van der Waals surface area contributed by atoms with E-state index in [0.29, 0.717) is 10.2 Å². The minimum Gasteiger partial charge on any atom is -0.269 e. The molecule has 2 aromatic rings. The van der Waals surface area contributed by atoms with Crippen molar-refractivity contribution in [1.82, 2.24) is 0 Å². The van der Waals surface area contributed by atoms with Gasteiger partial charge in [-0.1, -0.05) is 35.0 Å². The van der Waals surface area contributed by atoms with Gasteiger partial charge in [0.05, 0.1) is 5.69 Å². The zero-order valence-electron chi connectivity index (χ0n) is 11.7. The molecule has 0 aliphatic heterocycles. The van der Waals surface area contributed by atoms with Gasteiger partial charge in [0.25, 0.3) is 10.0 Å². The molecule has 0 radical (unpaired) electrons. The van der Waals surface area contributed by atoms with E-state index in [1.54, 1.807) is 25.2 Å². The second-order valence-electron chi connectivity index (χ2n) is 4.57. The van der Waals surface area contributed by atoms with Gasteiger partial charge in [-0.05, 0) is 58.2 Å². The van der Waals surface area contributed by atoms with E-state index in [1.165, 1.54) is 9.87 Å². The molecule has 0 spiro atoms. The van der Waals surface area contributed by atoms with Crippen LogP contribution in [0.1, 0.15) is 12.5 Å². The minimum absolute atomic E-state index is 0.243. The Morgan fingerprint density at radius 2 is 1.67 bits per heavy atom. The number of hydrogen-bond donors (Lipinski definition) is 0. The van der Waals surface area contributed by atoms with E-state index in [2.05, 4.69) is 38.8 Å². The summed E-state index contributed by atoms with van der Waals surface area (Å²) >= 11 is 6.63. The van der Waals surface area contributed by atoms with Crippen molar-refractivity contribution in [3.8, 4) is 0 Å². The Morgan fingerprint density at radius 3 is 2.19 bits per heavy atom. The van der Waals surface area contributed by atoms with Gasteiger partial charge in [0.15, 0.2) is 0 Å². The van der Waals surface area contributed by atoms with Gasteiger partial charge in [-0.3, -0.25) is 4.31 Å². The van der Waals surface area contributed by atoms with Crippen LogP contribution in [0.2, 0.25) is 0 Å². The molecule has 6 heteroatoms. The molecule has 0 unspecified atom stereocenters. The highest BCUT2D eigenvalue weighted by Gasteiger charge is 2.23. The molecule has 2 aromatic carbocycles. The Morgan fingerprint density at radius 1 is 1.05 bits per heavy atom. The fourth-order valence-corrected chi connectivity index (χ4v) is 4.81. The van der Waals surface area contributed by atoms with Gasteiger partial charge in [0.1, 0.15) is 4.90 Å². The van der Waals surface area contributed by atoms with E-state index in [0.717, 1.165) is 10.9 Å². The largest absolute Gasteiger partial charge is 0.269 e. The standard InChI is InChI=1S/C15H15Br2NO2S/c1-3-11-4-7-13(8-5-11)18(2)21(19,20)15-9-6-12(16)10-14(15)17/h4-10H,3H2,1-2H3. The van der Waals surface area contributed by atoms with Crippen LogP contribution >= 0.6 is 31.9 Å². The van der Waals surface area contributed by atoms with Crippen molar-refractivity contribution in [3.05, 3.63) is 57.0 Å². The molecule has 0 heterocycles. The fraction of sp³-hybridized carbons (Fsp3) is 0.200. The topological polar surface area (TPSA) is 37.4 Å². The normalized spacial score (nSPS) is 11.4. The third kappa shape index (κ3) is 3.49. The molecule has 3 nitrogen and oxygen atoms in total.